The number of nitrogens with zero attached hydrogens (tertiary/aromatic N) is 3. The van der Waals surface area contributed by atoms with E-state index in [4.69, 9.17) is 5.10 Å². The molecule has 1 saturated carbocycles. The second-order valence-electron chi connectivity index (χ2n) is 7.78. The Balaban J connectivity index is 1.58. The Morgan fingerprint density at radius 1 is 0.933 bits per heavy atom. The minimum Gasteiger partial charge on any atom is -0.265 e. The predicted octanol–water partition coefficient (Wildman–Crippen LogP) is 5.52. The molecule has 1 aliphatic heterocycles. The van der Waals surface area contributed by atoms with Crippen LogP contribution in [0.4, 0.5) is 0 Å². The number of hydrazone groups is 1. The number of fused-ring (bicyclic) bond motifs is 1. The molecule has 0 N–H and O–H groups in total. The van der Waals surface area contributed by atoms with Crippen LogP contribution in [-0.2, 0) is 0 Å². The number of amides is 1. The molecule has 2 heterocycles. The lowest BCUT2D eigenvalue weighted by Gasteiger charge is -2.29. The first kappa shape index (κ1) is 18.5. The summed E-state index contributed by atoms with van der Waals surface area (Å²) in [6.45, 7) is 0. The molecule has 0 unspecified atom stereocenters. The van der Waals surface area contributed by atoms with Crippen molar-refractivity contribution in [3.8, 4) is 0 Å². The van der Waals surface area contributed by atoms with Gasteiger partial charge in [-0.3, -0.25) is 9.78 Å². The first-order valence-electron chi connectivity index (χ1n) is 10.5. The van der Waals surface area contributed by atoms with Crippen molar-refractivity contribution in [1.82, 2.24) is 9.99 Å². The number of hydrogen-bond acceptors (Lipinski definition) is 3. The normalized spacial score (nSPS) is 21.9. The molecular weight excluding hydrogens is 370 g/mol. The summed E-state index contributed by atoms with van der Waals surface area (Å²) in [6.07, 6.45) is 6.98. The van der Waals surface area contributed by atoms with E-state index in [1.165, 1.54) is 11.1 Å². The van der Waals surface area contributed by atoms with Crippen molar-refractivity contribution in [2.75, 3.05) is 0 Å². The number of carbonyl (C=O) groups excluding carboxylic acids is 1. The van der Waals surface area contributed by atoms with Gasteiger partial charge < -0.3 is 0 Å². The maximum atomic E-state index is 13.4. The van der Waals surface area contributed by atoms with Gasteiger partial charge in [-0.15, -0.1) is 0 Å². The Labute approximate surface area is 176 Å². The van der Waals surface area contributed by atoms with Crippen LogP contribution in [0.2, 0.25) is 0 Å². The van der Waals surface area contributed by atoms with Crippen molar-refractivity contribution in [3.63, 3.8) is 0 Å². The van der Waals surface area contributed by atoms with Crippen molar-refractivity contribution >= 4 is 17.7 Å². The van der Waals surface area contributed by atoms with Gasteiger partial charge in [0.05, 0.1) is 11.8 Å². The quantitative estimate of drug-likeness (QED) is 0.588. The fourth-order valence-electron chi connectivity index (χ4n) is 4.51. The van der Waals surface area contributed by atoms with E-state index in [0.29, 0.717) is 5.69 Å². The molecule has 148 valence electrons. The predicted molar refractivity (Wildman–Crippen MR) is 119 cm³/mol. The van der Waals surface area contributed by atoms with Gasteiger partial charge in [-0.1, -0.05) is 66.7 Å². The number of hydrogen-bond donors (Lipinski definition) is 0. The molecule has 5 rings (SSSR count). The third-order valence-corrected chi connectivity index (χ3v) is 5.88. The molecule has 4 nitrogen and oxygen atoms in total. The number of allylic oxidation sites excluding steroid dienone is 1. The minimum atomic E-state index is -0.148. The van der Waals surface area contributed by atoms with Crippen molar-refractivity contribution in [2.24, 2.45) is 11.0 Å². The zero-order valence-electron chi connectivity index (χ0n) is 16.7. The van der Waals surface area contributed by atoms with Crippen molar-refractivity contribution < 1.29 is 4.79 Å². The van der Waals surface area contributed by atoms with Crippen LogP contribution in [0.25, 0.3) is 6.08 Å². The lowest BCUT2D eigenvalue weighted by atomic mass is 9.77. The summed E-state index contributed by atoms with van der Waals surface area (Å²) in [6, 6.07) is 25.9. The number of aromatic nitrogens is 1. The number of rotatable bonds is 3. The Morgan fingerprint density at radius 3 is 2.40 bits per heavy atom. The fraction of sp³-hybridized carbons (Fsp3) is 0.192. The van der Waals surface area contributed by atoms with Gasteiger partial charge in [-0.2, -0.15) is 5.10 Å². The Kier molecular flexibility index (Phi) is 4.98. The third kappa shape index (κ3) is 3.45. The van der Waals surface area contributed by atoms with Gasteiger partial charge in [-0.25, -0.2) is 5.01 Å². The summed E-state index contributed by atoms with van der Waals surface area (Å²) in [4.78, 5) is 17.7. The van der Waals surface area contributed by atoms with Gasteiger partial charge in [0.15, 0.2) is 0 Å². The summed E-state index contributed by atoms with van der Waals surface area (Å²) < 4.78 is 0. The van der Waals surface area contributed by atoms with Crippen LogP contribution >= 0.6 is 0 Å². The van der Waals surface area contributed by atoms with Gasteiger partial charge in [0.1, 0.15) is 5.69 Å². The van der Waals surface area contributed by atoms with Crippen molar-refractivity contribution in [2.45, 2.75) is 25.3 Å². The van der Waals surface area contributed by atoms with E-state index in [0.717, 1.165) is 30.5 Å². The van der Waals surface area contributed by atoms with E-state index in [-0.39, 0.29) is 17.9 Å². The van der Waals surface area contributed by atoms with Gasteiger partial charge in [-0.05, 0) is 54.2 Å². The number of carbonyl (C=O) groups is 1. The van der Waals surface area contributed by atoms with E-state index in [9.17, 15) is 4.79 Å². The largest absolute Gasteiger partial charge is 0.293 e. The van der Waals surface area contributed by atoms with E-state index in [1.807, 2.05) is 48.5 Å². The van der Waals surface area contributed by atoms with E-state index in [1.54, 1.807) is 17.3 Å². The Hall–Kier alpha value is -3.53. The molecule has 1 aromatic heterocycles. The first-order valence-corrected chi connectivity index (χ1v) is 10.5. The van der Waals surface area contributed by atoms with E-state index in [2.05, 4.69) is 35.3 Å². The molecule has 0 bridgehead atoms. The number of benzene rings is 2. The highest BCUT2D eigenvalue weighted by Crippen LogP contribution is 2.44. The SMILES string of the molecule is O=C(c1ccccn1)N1N=C2/C(=C/c3ccccc3)CCC[C@H]2[C@@H]1c1ccccc1. The van der Waals surface area contributed by atoms with Crippen LogP contribution in [-0.4, -0.2) is 21.6 Å². The molecular formula is C26H23N3O. The standard InChI is InChI=1S/C26H23N3O/c30-26(23-16-7-8-17-27-23)29-25(20-12-5-2-6-13-20)22-15-9-14-21(24(22)28-29)18-19-10-3-1-4-11-19/h1-8,10-13,16-18,22,25H,9,14-15H2/b21-18+/t22-,25+/m1/s1. The topological polar surface area (TPSA) is 45.6 Å². The Morgan fingerprint density at radius 2 is 1.67 bits per heavy atom. The molecule has 1 aliphatic carbocycles. The van der Waals surface area contributed by atoms with E-state index < -0.39 is 0 Å². The lowest BCUT2D eigenvalue weighted by Crippen LogP contribution is -2.32. The minimum absolute atomic E-state index is 0.102. The summed E-state index contributed by atoms with van der Waals surface area (Å²) in [5, 5.41) is 6.58. The van der Waals surface area contributed by atoms with Crippen LogP contribution in [0.3, 0.4) is 0 Å². The summed E-state index contributed by atoms with van der Waals surface area (Å²) in [5.74, 6) is 0.0502. The highest BCUT2D eigenvalue weighted by molar-refractivity contribution is 6.09. The highest BCUT2D eigenvalue weighted by atomic mass is 16.2. The van der Waals surface area contributed by atoms with Crippen LogP contribution in [0.15, 0.2) is 95.7 Å². The lowest BCUT2D eigenvalue weighted by molar-refractivity contribution is 0.0675. The molecule has 2 aromatic carbocycles. The molecule has 4 heteroatoms. The molecule has 2 atom stereocenters. The van der Waals surface area contributed by atoms with Gasteiger partial charge >= 0.3 is 0 Å². The van der Waals surface area contributed by atoms with Gasteiger partial charge in [0.25, 0.3) is 5.91 Å². The second-order valence-corrected chi connectivity index (χ2v) is 7.78. The molecule has 0 radical (unpaired) electrons. The Bertz CT molecular complexity index is 1090. The third-order valence-electron chi connectivity index (χ3n) is 5.88. The molecule has 0 spiro atoms. The first-order chi connectivity index (χ1) is 14.8. The summed E-state index contributed by atoms with van der Waals surface area (Å²) in [7, 11) is 0. The zero-order valence-corrected chi connectivity index (χ0v) is 16.7. The van der Waals surface area contributed by atoms with Gasteiger partial charge in [0.2, 0.25) is 0 Å². The average Bonchev–Trinajstić information content (AvgIpc) is 3.21. The molecule has 3 aromatic rings. The van der Waals surface area contributed by atoms with Crippen LogP contribution in [0.1, 0.15) is 46.9 Å². The molecule has 0 saturated heterocycles. The smallest absolute Gasteiger partial charge is 0.265 e. The summed E-state index contributed by atoms with van der Waals surface area (Å²) >= 11 is 0. The monoisotopic (exact) mass is 393 g/mol. The fourth-order valence-corrected chi connectivity index (χ4v) is 4.51. The second kappa shape index (κ2) is 8.07. The van der Waals surface area contributed by atoms with Crippen LogP contribution in [0, 0.1) is 5.92 Å². The van der Waals surface area contributed by atoms with E-state index >= 15 is 0 Å². The summed E-state index contributed by atoms with van der Waals surface area (Å²) in [5.41, 5.74) is 4.99. The van der Waals surface area contributed by atoms with Crippen LogP contribution in [0.5, 0.6) is 0 Å². The van der Waals surface area contributed by atoms with Crippen LogP contribution < -0.4 is 0 Å². The maximum absolute atomic E-state index is 13.4. The maximum Gasteiger partial charge on any atom is 0.293 e. The number of pyridine rings is 1. The molecule has 30 heavy (non-hydrogen) atoms. The molecule has 1 amide bonds. The van der Waals surface area contributed by atoms with Crippen molar-refractivity contribution in [3.05, 3.63) is 107 Å². The van der Waals surface area contributed by atoms with Crippen molar-refractivity contribution in [1.29, 1.82) is 0 Å². The highest BCUT2D eigenvalue weighted by Gasteiger charge is 2.44. The van der Waals surface area contributed by atoms with Gasteiger partial charge in [0, 0.05) is 12.1 Å². The molecule has 2 aliphatic rings. The zero-order chi connectivity index (χ0) is 20.3. The average molecular weight is 393 g/mol. The molecule has 1 fully saturated rings.